The molecule has 9 heteroatoms. The van der Waals surface area contributed by atoms with Crippen molar-refractivity contribution >= 4 is 11.8 Å². The number of aromatic nitrogens is 3. The van der Waals surface area contributed by atoms with Crippen molar-refractivity contribution in [3.05, 3.63) is 52.0 Å². The zero-order valence-corrected chi connectivity index (χ0v) is 14.2. The maximum absolute atomic E-state index is 12.8. The average Bonchev–Trinajstić information content (AvgIpc) is 2.78. The first kappa shape index (κ1) is 17.8. The smallest absolute Gasteiger partial charge is 0.279 e. The molecule has 0 radical (unpaired) electrons. The van der Waals surface area contributed by atoms with Crippen LogP contribution in [0.5, 0.6) is 0 Å². The number of aryl methyl sites for hydroxylation is 1. The van der Waals surface area contributed by atoms with Crippen LogP contribution in [0.25, 0.3) is 0 Å². The molecular formula is C17H20FN5O3. The second kappa shape index (κ2) is 7.94. The van der Waals surface area contributed by atoms with Crippen molar-refractivity contribution in [1.29, 1.82) is 0 Å². The lowest BCUT2D eigenvalue weighted by Gasteiger charge is -2.07. The molecule has 0 aliphatic carbocycles. The first-order valence-electron chi connectivity index (χ1n) is 8.51. The van der Waals surface area contributed by atoms with Gasteiger partial charge in [0.15, 0.2) is 0 Å². The Bertz CT molecular complexity index is 856. The van der Waals surface area contributed by atoms with E-state index in [-0.39, 0.29) is 24.5 Å². The minimum Gasteiger partial charge on any atom is -0.279 e. The molecule has 2 heterocycles. The molecule has 0 saturated carbocycles. The van der Waals surface area contributed by atoms with Crippen LogP contribution in [0.2, 0.25) is 0 Å². The van der Waals surface area contributed by atoms with Crippen LogP contribution in [0, 0.1) is 5.82 Å². The van der Waals surface area contributed by atoms with E-state index in [9.17, 15) is 18.8 Å². The molecule has 1 aliphatic heterocycles. The number of rotatable bonds is 4. The highest BCUT2D eigenvalue weighted by molar-refractivity contribution is 5.83. The van der Waals surface area contributed by atoms with Gasteiger partial charge in [0.1, 0.15) is 18.2 Å². The molecule has 8 nitrogen and oxygen atoms in total. The first-order chi connectivity index (χ1) is 12.5. The highest BCUT2D eigenvalue weighted by atomic mass is 19.1. The number of amides is 2. The van der Waals surface area contributed by atoms with E-state index in [2.05, 4.69) is 16.0 Å². The van der Waals surface area contributed by atoms with E-state index in [1.54, 1.807) is 4.57 Å². The van der Waals surface area contributed by atoms with Gasteiger partial charge in [-0.15, -0.1) is 0 Å². The van der Waals surface area contributed by atoms with Gasteiger partial charge in [-0.3, -0.25) is 25.0 Å². The molecule has 138 valence electrons. The van der Waals surface area contributed by atoms with Gasteiger partial charge in [-0.2, -0.15) is 5.10 Å². The highest BCUT2D eigenvalue weighted by Crippen LogP contribution is 2.10. The number of halogens is 1. The zero-order valence-electron chi connectivity index (χ0n) is 14.2. The van der Waals surface area contributed by atoms with E-state index in [1.165, 1.54) is 24.3 Å². The van der Waals surface area contributed by atoms with E-state index < -0.39 is 11.8 Å². The molecule has 0 fully saturated rings. The molecule has 1 aromatic carbocycles. The van der Waals surface area contributed by atoms with Crippen LogP contribution in [-0.4, -0.2) is 26.2 Å². The lowest BCUT2D eigenvalue weighted by Crippen LogP contribution is -2.45. The summed E-state index contributed by atoms with van der Waals surface area (Å²) in [6, 6.07) is 5.51. The second-order valence-corrected chi connectivity index (χ2v) is 6.22. The maximum atomic E-state index is 12.8. The predicted octanol–water partition coefficient (Wildman–Crippen LogP) is 0.300. The third-order valence-electron chi connectivity index (χ3n) is 4.19. The van der Waals surface area contributed by atoms with Gasteiger partial charge >= 0.3 is 5.69 Å². The van der Waals surface area contributed by atoms with Crippen molar-refractivity contribution in [3.8, 4) is 0 Å². The largest absolute Gasteiger partial charge is 0.346 e. The van der Waals surface area contributed by atoms with Crippen LogP contribution in [-0.2, 0) is 35.5 Å². The summed E-state index contributed by atoms with van der Waals surface area (Å²) in [5, 5.41) is 4.21. The molecule has 1 aromatic heterocycles. The van der Waals surface area contributed by atoms with E-state index >= 15 is 0 Å². The summed E-state index contributed by atoms with van der Waals surface area (Å²) in [5.74, 6) is -0.683. The third kappa shape index (κ3) is 4.35. The van der Waals surface area contributed by atoms with Crippen molar-refractivity contribution in [2.45, 2.75) is 45.2 Å². The Balaban J connectivity index is 1.52. The predicted molar refractivity (Wildman–Crippen MR) is 90.4 cm³/mol. The molecule has 0 bridgehead atoms. The first-order valence-corrected chi connectivity index (χ1v) is 8.51. The number of benzene rings is 1. The summed E-state index contributed by atoms with van der Waals surface area (Å²) in [5.41, 5.74) is 4.84. The zero-order chi connectivity index (χ0) is 18.5. The van der Waals surface area contributed by atoms with Crippen molar-refractivity contribution < 1.29 is 14.0 Å². The number of nitrogens with zero attached hydrogens (tertiary/aromatic N) is 3. The van der Waals surface area contributed by atoms with Gasteiger partial charge in [-0.05, 0) is 30.5 Å². The summed E-state index contributed by atoms with van der Waals surface area (Å²) in [6.45, 7) is 0.347. The van der Waals surface area contributed by atoms with Gasteiger partial charge < -0.3 is 0 Å². The standard InChI is InChI=1S/C17H20FN5O3/c18-13-7-5-12(6-8-13)10-15(24)19-20-16(25)11-23-17(26)22-9-3-1-2-4-14(22)21-23/h5-8H,1-4,9-11H2,(H,19,24)(H,20,25). The normalized spacial score (nSPS) is 13.6. The van der Waals surface area contributed by atoms with Crippen LogP contribution in [0.4, 0.5) is 4.39 Å². The molecule has 0 unspecified atom stereocenters. The van der Waals surface area contributed by atoms with Gasteiger partial charge in [-0.1, -0.05) is 18.6 Å². The molecule has 2 aromatic rings. The summed E-state index contributed by atoms with van der Waals surface area (Å²) >= 11 is 0. The number of carbonyl (C=O) groups is 2. The number of carbonyl (C=O) groups excluding carboxylic acids is 2. The van der Waals surface area contributed by atoms with Crippen LogP contribution < -0.4 is 16.5 Å². The molecule has 0 atom stereocenters. The van der Waals surface area contributed by atoms with Crippen molar-refractivity contribution in [2.75, 3.05) is 0 Å². The van der Waals surface area contributed by atoms with Gasteiger partial charge in [0.2, 0.25) is 5.91 Å². The summed E-state index contributed by atoms with van der Waals surface area (Å²) in [7, 11) is 0. The van der Waals surface area contributed by atoms with E-state index in [4.69, 9.17) is 0 Å². The lowest BCUT2D eigenvalue weighted by molar-refractivity contribution is -0.129. The number of fused-ring (bicyclic) bond motifs is 1. The van der Waals surface area contributed by atoms with Gasteiger partial charge in [0.05, 0.1) is 6.42 Å². The fourth-order valence-electron chi connectivity index (χ4n) is 2.88. The van der Waals surface area contributed by atoms with Gasteiger partial charge in [-0.25, -0.2) is 13.9 Å². The molecular weight excluding hydrogens is 341 g/mol. The highest BCUT2D eigenvalue weighted by Gasteiger charge is 2.17. The quantitative estimate of drug-likeness (QED) is 0.766. The minimum absolute atomic E-state index is 0.000711. The Kier molecular flexibility index (Phi) is 5.45. The summed E-state index contributed by atoms with van der Waals surface area (Å²) < 4.78 is 15.6. The monoisotopic (exact) mass is 361 g/mol. The molecule has 0 saturated heterocycles. The molecule has 2 amide bonds. The van der Waals surface area contributed by atoms with Crippen molar-refractivity contribution in [3.63, 3.8) is 0 Å². The van der Waals surface area contributed by atoms with Crippen LogP contribution in [0.15, 0.2) is 29.1 Å². The number of hydrogen-bond acceptors (Lipinski definition) is 4. The molecule has 26 heavy (non-hydrogen) atoms. The molecule has 2 N–H and O–H groups in total. The van der Waals surface area contributed by atoms with E-state index in [0.717, 1.165) is 30.4 Å². The molecule has 1 aliphatic rings. The van der Waals surface area contributed by atoms with E-state index in [0.29, 0.717) is 17.9 Å². The molecule has 3 rings (SSSR count). The third-order valence-corrected chi connectivity index (χ3v) is 4.19. The van der Waals surface area contributed by atoms with Crippen molar-refractivity contribution in [1.82, 2.24) is 25.2 Å². The molecule has 0 spiro atoms. The Morgan fingerprint density at radius 3 is 2.58 bits per heavy atom. The number of nitrogens with one attached hydrogen (secondary N) is 2. The summed E-state index contributed by atoms with van der Waals surface area (Å²) in [4.78, 5) is 36.0. The number of hydrogen-bond donors (Lipinski definition) is 2. The number of hydrazine groups is 1. The minimum atomic E-state index is -0.548. The fraction of sp³-hybridized carbons (Fsp3) is 0.412. The Labute approximate surface area is 149 Å². The van der Waals surface area contributed by atoms with Crippen molar-refractivity contribution in [2.24, 2.45) is 0 Å². The van der Waals surface area contributed by atoms with Gasteiger partial charge in [0.25, 0.3) is 5.91 Å². The average molecular weight is 361 g/mol. The Hall–Kier alpha value is -2.97. The SMILES string of the molecule is O=C(Cc1ccc(F)cc1)NNC(=O)Cn1nc2n(c1=O)CCCCC2. The lowest BCUT2D eigenvalue weighted by atomic mass is 10.1. The van der Waals surface area contributed by atoms with Crippen LogP contribution in [0.3, 0.4) is 0 Å². The van der Waals surface area contributed by atoms with E-state index in [1.807, 2.05) is 0 Å². The second-order valence-electron chi connectivity index (χ2n) is 6.22. The Morgan fingerprint density at radius 2 is 1.81 bits per heavy atom. The summed E-state index contributed by atoms with van der Waals surface area (Å²) in [6.07, 6.45) is 3.67. The van der Waals surface area contributed by atoms with Crippen LogP contribution >= 0.6 is 0 Å². The van der Waals surface area contributed by atoms with Gasteiger partial charge in [0, 0.05) is 13.0 Å². The van der Waals surface area contributed by atoms with Crippen LogP contribution in [0.1, 0.15) is 30.7 Å². The fourth-order valence-corrected chi connectivity index (χ4v) is 2.88. The maximum Gasteiger partial charge on any atom is 0.346 e. The Morgan fingerprint density at radius 1 is 1.08 bits per heavy atom. The topological polar surface area (TPSA) is 98.0 Å².